The molecule has 86 valence electrons. The van der Waals surface area contributed by atoms with Crippen LogP contribution >= 0.6 is 11.8 Å². The summed E-state index contributed by atoms with van der Waals surface area (Å²) in [4.78, 5) is 3.41. The van der Waals surface area contributed by atoms with Gasteiger partial charge in [0.2, 0.25) is 0 Å². The lowest BCUT2D eigenvalue weighted by atomic mass is 10.1. The lowest BCUT2D eigenvalue weighted by Crippen LogP contribution is -2.24. The summed E-state index contributed by atoms with van der Waals surface area (Å²) in [6, 6.07) is 10.8. The van der Waals surface area contributed by atoms with Gasteiger partial charge in [-0.25, -0.2) is 0 Å². The van der Waals surface area contributed by atoms with Crippen LogP contribution in [0, 0.1) is 17.2 Å². The molecule has 2 nitrogen and oxygen atoms in total. The average Bonchev–Trinajstić information content (AvgIpc) is 2.35. The second-order valence-electron chi connectivity index (χ2n) is 3.81. The predicted molar refractivity (Wildman–Crippen MR) is 70.9 cm³/mol. The van der Waals surface area contributed by atoms with Gasteiger partial charge in [0.15, 0.2) is 0 Å². The minimum Gasteiger partial charge on any atom is -0.373 e. The van der Waals surface area contributed by atoms with E-state index in [-0.39, 0.29) is 5.92 Å². The Labute approximate surface area is 102 Å². The summed E-state index contributed by atoms with van der Waals surface area (Å²) < 4.78 is 0. The van der Waals surface area contributed by atoms with E-state index in [0.29, 0.717) is 0 Å². The topological polar surface area (TPSA) is 27.0 Å². The first-order valence-corrected chi connectivity index (χ1v) is 6.68. The van der Waals surface area contributed by atoms with Crippen molar-refractivity contribution in [3.8, 4) is 6.07 Å². The van der Waals surface area contributed by atoms with Crippen LogP contribution < -0.4 is 4.90 Å². The second-order valence-corrected chi connectivity index (χ2v) is 4.69. The molecule has 1 aromatic carbocycles. The monoisotopic (exact) mass is 234 g/mol. The molecule has 1 rings (SSSR count). The molecular weight excluding hydrogens is 216 g/mol. The Morgan fingerprint density at radius 2 is 2.00 bits per heavy atom. The number of hydrogen-bond acceptors (Lipinski definition) is 3. The molecule has 1 atom stereocenters. The molecule has 0 fully saturated rings. The van der Waals surface area contributed by atoms with Gasteiger partial charge in [0.05, 0.1) is 12.0 Å². The van der Waals surface area contributed by atoms with E-state index < -0.39 is 0 Å². The molecule has 0 saturated carbocycles. The number of rotatable bonds is 5. The minimum absolute atomic E-state index is 0.116. The van der Waals surface area contributed by atoms with Crippen molar-refractivity contribution in [2.45, 2.75) is 18.2 Å². The van der Waals surface area contributed by atoms with E-state index in [9.17, 15) is 0 Å². The van der Waals surface area contributed by atoms with E-state index in [0.717, 1.165) is 13.0 Å². The standard InChI is InChI=1S/C13H18N2S/c1-4-11(9-14)10-15(2)12-5-7-13(16-3)8-6-12/h5-8,11H,4,10H2,1-3H3. The molecular formula is C13H18N2S. The third-order valence-electron chi connectivity index (χ3n) is 2.68. The van der Waals surface area contributed by atoms with Crippen LogP contribution in [0.1, 0.15) is 13.3 Å². The maximum absolute atomic E-state index is 8.92. The molecule has 0 saturated heterocycles. The van der Waals surface area contributed by atoms with Crippen LogP contribution in [0.3, 0.4) is 0 Å². The van der Waals surface area contributed by atoms with Gasteiger partial charge in [-0.05, 0) is 36.9 Å². The van der Waals surface area contributed by atoms with Crippen molar-refractivity contribution < 1.29 is 0 Å². The van der Waals surface area contributed by atoms with Crippen molar-refractivity contribution in [3.05, 3.63) is 24.3 Å². The van der Waals surface area contributed by atoms with E-state index in [1.54, 1.807) is 11.8 Å². The number of thioether (sulfide) groups is 1. The van der Waals surface area contributed by atoms with E-state index in [2.05, 4.69) is 48.4 Å². The highest BCUT2D eigenvalue weighted by molar-refractivity contribution is 7.98. The maximum atomic E-state index is 8.92. The molecule has 0 N–H and O–H groups in total. The molecule has 3 heteroatoms. The van der Waals surface area contributed by atoms with E-state index in [1.165, 1.54) is 10.6 Å². The van der Waals surface area contributed by atoms with Gasteiger partial charge in [-0.2, -0.15) is 5.26 Å². The van der Waals surface area contributed by atoms with Crippen LogP contribution in [0.15, 0.2) is 29.2 Å². The van der Waals surface area contributed by atoms with Gasteiger partial charge in [-0.3, -0.25) is 0 Å². The summed E-state index contributed by atoms with van der Waals surface area (Å²) in [6.07, 6.45) is 2.98. The average molecular weight is 234 g/mol. The Morgan fingerprint density at radius 1 is 1.38 bits per heavy atom. The Bertz CT molecular complexity index is 353. The third-order valence-corrected chi connectivity index (χ3v) is 3.43. The normalized spacial score (nSPS) is 11.9. The summed E-state index contributed by atoms with van der Waals surface area (Å²) >= 11 is 1.74. The molecule has 1 aromatic rings. The zero-order valence-corrected chi connectivity index (χ0v) is 10.9. The summed E-state index contributed by atoms with van der Waals surface area (Å²) in [5, 5.41) is 8.92. The highest BCUT2D eigenvalue weighted by Crippen LogP contribution is 2.20. The molecule has 0 aliphatic heterocycles. The molecule has 1 unspecified atom stereocenters. The Hall–Kier alpha value is -1.14. The molecule has 0 aliphatic carbocycles. The van der Waals surface area contributed by atoms with Crippen LogP contribution in [0.2, 0.25) is 0 Å². The van der Waals surface area contributed by atoms with Crippen LogP contribution in [0.25, 0.3) is 0 Å². The number of nitrogens with zero attached hydrogens (tertiary/aromatic N) is 2. The molecule has 0 heterocycles. The second kappa shape index (κ2) is 6.44. The summed E-state index contributed by atoms with van der Waals surface area (Å²) in [5.41, 5.74) is 1.17. The Kier molecular flexibility index (Phi) is 5.21. The van der Waals surface area contributed by atoms with Crippen LogP contribution in [-0.2, 0) is 0 Å². The van der Waals surface area contributed by atoms with Gasteiger partial charge in [0.25, 0.3) is 0 Å². The number of hydrogen-bond donors (Lipinski definition) is 0. The van der Waals surface area contributed by atoms with E-state index >= 15 is 0 Å². The zero-order valence-electron chi connectivity index (χ0n) is 10.1. The van der Waals surface area contributed by atoms with Crippen molar-refractivity contribution in [1.82, 2.24) is 0 Å². The number of benzene rings is 1. The Morgan fingerprint density at radius 3 is 2.44 bits per heavy atom. The molecule has 0 spiro atoms. The van der Waals surface area contributed by atoms with Crippen LogP contribution in [0.5, 0.6) is 0 Å². The van der Waals surface area contributed by atoms with Crippen molar-refractivity contribution in [2.75, 3.05) is 24.7 Å². The van der Waals surface area contributed by atoms with Gasteiger partial charge >= 0.3 is 0 Å². The third kappa shape index (κ3) is 3.46. The fourth-order valence-corrected chi connectivity index (χ4v) is 1.94. The van der Waals surface area contributed by atoms with E-state index in [1.807, 2.05) is 7.05 Å². The summed E-state index contributed by atoms with van der Waals surface area (Å²) in [6.45, 7) is 2.85. The highest BCUT2D eigenvalue weighted by atomic mass is 32.2. The molecule has 0 aliphatic rings. The van der Waals surface area contributed by atoms with Gasteiger partial charge in [-0.1, -0.05) is 6.92 Å². The first-order chi connectivity index (χ1) is 7.71. The SMILES string of the molecule is CCC(C#N)CN(C)c1ccc(SC)cc1. The van der Waals surface area contributed by atoms with Gasteiger partial charge in [0, 0.05) is 24.2 Å². The first-order valence-electron chi connectivity index (χ1n) is 5.46. The first kappa shape index (κ1) is 12.9. The van der Waals surface area contributed by atoms with Crippen molar-refractivity contribution >= 4 is 17.4 Å². The largest absolute Gasteiger partial charge is 0.373 e. The fraction of sp³-hybridized carbons (Fsp3) is 0.462. The number of nitriles is 1. The summed E-state index contributed by atoms with van der Waals surface area (Å²) in [5.74, 6) is 0.116. The molecule has 0 amide bonds. The fourth-order valence-electron chi connectivity index (χ4n) is 1.53. The smallest absolute Gasteiger partial charge is 0.0674 e. The zero-order chi connectivity index (χ0) is 12.0. The predicted octanol–water partition coefficient (Wildman–Crippen LogP) is 3.39. The van der Waals surface area contributed by atoms with Gasteiger partial charge in [0.1, 0.15) is 0 Å². The minimum atomic E-state index is 0.116. The Balaban J connectivity index is 2.65. The van der Waals surface area contributed by atoms with Crippen LogP contribution in [0.4, 0.5) is 5.69 Å². The molecule has 0 radical (unpaired) electrons. The van der Waals surface area contributed by atoms with E-state index in [4.69, 9.17) is 5.26 Å². The van der Waals surface area contributed by atoms with Gasteiger partial charge < -0.3 is 4.90 Å². The molecule has 16 heavy (non-hydrogen) atoms. The lowest BCUT2D eigenvalue weighted by molar-refractivity contribution is 0.631. The maximum Gasteiger partial charge on any atom is 0.0674 e. The van der Waals surface area contributed by atoms with Crippen LogP contribution in [-0.4, -0.2) is 19.8 Å². The van der Waals surface area contributed by atoms with Crippen molar-refractivity contribution in [2.24, 2.45) is 5.92 Å². The molecule has 0 bridgehead atoms. The highest BCUT2D eigenvalue weighted by Gasteiger charge is 2.08. The molecule has 0 aromatic heterocycles. The quantitative estimate of drug-likeness (QED) is 0.731. The summed E-state index contributed by atoms with van der Waals surface area (Å²) in [7, 11) is 2.04. The van der Waals surface area contributed by atoms with Gasteiger partial charge in [-0.15, -0.1) is 11.8 Å². The number of anilines is 1. The van der Waals surface area contributed by atoms with Crippen molar-refractivity contribution in [1.29, 1.82) is 5.26 Å². The lowest BCUT2D eigenvalue weighted by Gasteiger charge is -2.21. The van der Waals surface area contributed by atoms with Crippen molar-refractivity contribution in [3.63, 3.8) is 0 Å².